The van der Waals surface area contributed by atoms with Gasteiger partial charge in [0.25, 0.3) is 0 Å². The van der Waals surface area contributed by atoms with E-state index >= 15 is 0 Å². The molecule has 0 aliphatic heterocycles. The molecule has 0 aliphatic rings. The molecule has 0 bridgehead atoms. The van der Waals surface area contributed by atoms with Gasteiger partial charge in [0.15, 0.2) is 0 Å². The van der Waals surface area contributed by atoms with Gasteiger partial charge in [-0.25, -0.2) is 4.98 Å². The van der Waals surface area contributed by atoms with Crippen molar-refractivity contribution in [3.8, 4) is 0 Å². The molecule has 0 spiro atoms. The first-order valence-electron chi connectivity index (χ1n) is 9.98. The summed E-state index contributed by atoms with van der Waals surface area (Å²) >= 11 is 0. The Labute approximate surface area is 214 Å². The topological polar surface area (TPSA) is 37.6 Å². The van der Waals surface area contributed by atoms with Gasteiger partial charge in [-0.1, -0.05) is 36.4 Å². The van der Waals surface area contributed by atoms with Crippen molar-refractivity contribution in [1.82, 2.24) is 4.98 Å². The van der Waals surface area contributed by atoms with Crippen molar-refractivity contribution in [1.29, 1.82) is 0 Å². The van der Waals surface area contributed by atoms with Crippen LogP contribution in [0.3, 0.4) is 0 Å². The Bertz CT molecular complexity index is 1010. The van der Waals surface area contributed by atoms with E-state index in [1.54, 1.807) is 0 Å². The molecule has 3 nitrogen and oxygen atoms in total. The van der Waals surface area contributed by atoms with Crippen LogP contribution in [0.25, 0.3) is 0 Å². The van der Waals surface area contributed by atoms with Gasteiger partial charge < -0.3 is 24.8 Å². The van der Waals surface area contributed by atoms with Gasteiger partial charge in [0.2, 0.25) is 0 Å². The molecule has 0 saturated carbocycles. The Balaban J connectivity index is 0.00000320. The van der Waals surface area contributed by atoms with Crippen molar-refractivity contribution >= 4 is 22.8 Å². The van der Waals surface area contributed by atoms with E-state index in [0.29, 0.717) is 0 Å². The largest absolute Gasteiger partial charge is 2.00 e. The molecule has 1 aromatic heterocycles. The average molecular weight is 513 g/mol. The van der Waals surface area contributed by atoms with Crippen LogP contribution in [0.4, 0.5) is 11.4 Å². The number of hydrogen-bond acceptors (Lipinski definition) is 3. The SMILES string of the molecule is CC(=Nc1c(C)cccc1C)c1cc(C)cc(C(C)=Nc2c(C)cccc2C)n1.[Cl-].[Cl-].[Co+2]. The third-order valence-electron chi connectivity index (χ3n) is 5.15. The second kappa shape index (κ2) is 12.9. The van der Waals surface area contributed by atoms with E-state index in [-0.39, 0.29) is 41.6 Å². The molecule has 2 aromatic carbocycles. The van der Waals surface area contributed by atoms with Gasteiger partial charge in [-0.3, -0.25) is 9.98 Å². The fraction of sp³-hybridized carbons (Fsp3) is 0.269. The van der Waals surface area contributed by atoms with E-state index in [1.807, 2.05) is 13.8 Å². The minimum absolute atomic E-state index is 0. The number of aromatic nitrogens is 1. The van der Waals surface area contributed by atoms with Crippen LogP contribution in [0.5, 0.6) is 0 Å². The van der Waals surface area contributed by atoms with Gasteiger partial charge in [-0.2, -0.15) is 0 Å². The monoisotopic (exact) mass is 512 g/mol. The number of benzene rings is 2. The van der Waals surface area contributed by atoms with Crippen LogP contribution < -0.4 is 24.8 Å². The summed E-state index contributed by atoms with van der Waals surface area (Å²) in [5.41, 5.74) is 11.5. The van der Waals surface area contributed by atoms with Crippen molar-refractivity contribution in [3.05, 3.63) is 87.7 Å². The summed E-state index contributed by atoms with van der Waals surface area (Å²) < 4.78 is 0. The summed E-state index contributed by atoms with van der Waals surface area (Å²) in [6.07, 6.45) is 0. The summed E-state index contributed by atoms with van der Waals surface area (Å²) in [5.74, 6) is 0. The van der Waals surface area contributed by atoms with E-state index in [2.05, 4.69) is 83.1 Å². The van der Waals surface area contributed by atoms with Crippen molar-refractivity contribution in [2.75, 3.05) is 0 Å². The molecule has 1 radical (unpaired) electrons. The van der Waals surface area contributed by atoms with Crippen molar-refractivity contribution in [3.63, 3.8) is 0 Å². The molecule has 0 aliphatic carbocycles. The van der Waals surface area contributed by atoms with Crippen LogP contribution in [0, 0.1) is 34.6 Å². The predicted octanol–water partition coefficient (Wildman–Crippen LogP) is 0.911. The van der Waals surface area contributed by atoms with E-state index < -0.39 is 0 Å². The molecule has 32 heavy (non-hydrogen) atoms. The summed E-state index contributed by atoms with van der Waals surface area (Å²) in [6.45, 7) is 14.5. The summed E-state index contributed by atoms with van der Waals surface area (Å²) in [7, 11) is 0. The second-order valence-electron chi connectivity index (χ2n) is 7.79. The molecular formula is C26H29Cl2CoN3. The van der Waals surface area contributed by atoms with Crippen LogP contribution in [0.2, 0.25) is 0 Å². The van der Waals surface area contributed by atoms with Gasteiger partial charge in [-0.05, 0) is 88.4 Å². The fourth-order valence-electron chi connectivity index (χ4n) is 3.45. The molecule has 1 heterocycles. The molecule has 3 rings (SSSR count). The number of nitrogens with zero attached hydrogens (tertiary/aromatic N) is 3. The molecule has 6 heteroatoms. The first-order chi connectivity index (χ1) is 13.8. The fourth-order valence-corrected chi connectivity index (χ4v) is 3.45. The minimum Gasteiger partial charge on any atom is -1.00 e. The van der Waals surface area contributed by atoms with Crippen LogP contribution in [-0.4, -0.2) is 16.4 Å². The Hall–Kier alpha value is -1.98. The van der Waals surface area contributed by atoms with Crippen LogP contribution >= 0.6 is 0 Å². The maximum Gasteiger partial charge on any atom is 2.00 e. The van der Waals surface area contributed by atoms with Gasteiger partial charge in [0.1, 0.15) is 0 Å². The summed E-state index contributed by atoms with van der Waals surface area (Å²) in [6, 6.07) is 16.7. The molecule has 0 atom stereocenters. The zero-order valence-corrected chi connectivity index (χ0v) is 22.1. The molecule has 0 fully saturated rings. The second-order valence-corrected chi connectivity index (χ2v) is 7.79. The smallest absolute Gasteiger partial charge is 1.00 e. The molecule has 0 saturated heterocycles. The number of rotatable bonds is 4. The maximum atomic E-state index is 4.90. The van der Waals surface area contributed by atoms with Gasteiger partial charge in [0, 0.05) is 0 Å². The predicted molar refractivity (Wildman–Crippen MR) is 125 cm³/mol. The van der Waals surface area contributed by atoms with E-state index in [1.165, 1.54) is 22.3 Å². The standard InChI is InChI=1S/C26H29N3.2ClH.Co/c1-16-14-23(21(6)27-25-17(2)10-8-11-18(25)3)29-24(15-16)22(7)28-26-19(4)12-9-13-20(26)5;;;/h8-15H,1-7H3;2*1H;/q;;;+2/p-2. The molecular weight excluding hydrogens is 484 g/mol. The van der Waals surface area contributed by atoms with Crippen LogP contribution in [-0.2, 0) is 16.8 Å². The zero-order chi connectivity index (χ0) is 21.1. The van der Waals surface area contributed by atoms with Crippen molar-refractivity contribution in [2.45, 2.75) is 48.5 Å². The Morgan fingerprint density at radius 1 is 0.625 bits per heavy atom. The molecule has 171 valence electrons. The first-order valence-corrected chi connectivity index (χ1v) is 9.98. The molecule has 0 N–H and O–H groups in total. The maximum absolute atomic E-state index is 4.90. The van der Waals surface area contributed by atoms with Gasteiger partial charge >= 0.3 is 16.8 Å². The Morgan fingerprint density at radius 3 is 1.25 bits per heavy atom. The van der Waals surface area contributed by atoms with E-state index in [4.69, 9.17) is 15.0 Å². The third kappa shape index (κ3) is 7.01. The first kappa shape index (κ1) is 30.0. The zero-order valence-electron chi connectivity index (χ0n) is 19.5. The Kier molecular flexibility index (Phi) is 12.1. The number of para-hydroxylation sites is 2. The van der Waals surface area contributed by atoms with Crippen molar-refractivity contribution in [2.24, 2.45) is 9.98 Å². The number of hydrogen-bond donors (Lipinski definition) is 0. The van der Waals surface area contributed by atoms with E-state index in [0.717, 1.165) is 39.7 Å². The third-order valence-corrected chi connectivity index (χ3v) is 5.15. The van der Waals surface area contributed by atoms with Gasteiger partial charge in [-0.15, -0.1) is 0 Å². The number of halogens is 2. The number of pyridine rings is 1. The van der Waals surface area contributed by atoms with Crippen molar-refractivity contribution < 1.29 is 41.6 Å². The molecule has 0 amide bonds. The Morgan fingerprint density at radius 2 is 0.938 bits per heavy atom. The number of aryl methyl sites for hydroxylation is 5. The van der Waals surface area contributed by atoms with Gasteiger partial charge in [0.05, 0.1) is 34.2 Å². The average Bonchev–Trinajstić information content (AvgIpc) is 2.67. The molecule has 3 aromatic rings. The quantitative estimate of drug-likeness (QED) is 0.479. The van der Waals surface area contributed by atoms with E-state index in [9.17, 15) is 0 Å². The summed E-state index contributed by atoms with van der Waals surface area (Å²) in [5, 5.41) is 0. The number of aliphatic imine (C=N–C) groups is 2. The molecule has 0 unspecified atom stereocenters. The minimum atomic E-state index is 0. The van der Waals surface area contributed by atoms with Crippen LogP contribution in [0.15, 0.2) is 58.5 Å². The van der Waals surface area contributed by atoms with Crippen LogP contribution in [0.1, 0.15) is 53.1 Å². The summed E-state index contributed by atoms with van der Waals surface area (Å²) in [4.78, 5) is 14.7. The normalized spacial score (nSPS) is 11.2.